The minimum atomic E-state index is -0.119. The first-order valence-corrected chi connectivity index (χ1v) is 8.33. The molecular weight excluding hydrogens is 294 g/mol. The molecule has 3 fully saturated rings. The third-order valence-electron chi connectivity index (χ3n) is 4.87. The molecule has 4 aliphatic rings. The van der Waals surface area contributed by atoms with Crippen molar-refractivity contribution >= 4 is 12.3 Å². The molecule has 7 nitrogen and oxygen atoms in total. The monoisotopic (exact) mass is 319 g/mol. The first kappa shape index (κ1) is 16.0. The van der Waals surface area contributed by atoms with Gasteiger partial charge in [-0.1, -0.05) is 0 Å². The Balaban J connectivity index is 1.47. The first-order chi connectivity index (χ1) is 11.2. The summed E-state index contributed by atoms with van der Waals surface area (Å²) in [6, 6.07) is -0.00606. The maximum absolute atomic E-state index is 12.2. The Morgan fingerprint density at radius 1 is 1.43 bits per heavy atom. The molecule has 3 saturated heterocycles. The van der Waals surface area contributed by atoms with Crippen LogP contribution in [-0.4, -0.2) is 61.1 Å². The van der Waals surface area contributed by atoms with E-state index in [0.29, 0.717) is 24.2 Å². The zero-order valence-corrected chi connectivity index (χ0v) is 13.5. The summed E-state index contributed by atoms with van der Waals surface area (Å²) in [6.45, 7) is 6.81. The molecule has 0 aromatic carbocycles. The van der Waals surface area contributed by atoms with E-state index in [1.54, 1.807) is 12.3 Å². The molecule has 0 spiro atoms. The van der Waals surface area contributed by atoms with E-state index in [1.807, 2.05) is 6.92 Å². The van der Waals surface area contributed by atoms with Crippen LogP contribution >= 0.6 is 0 Å². The zero-order valence-electron chi connectivity index (χ0n) is 13.5. The third-order valence-corrected chi connectivity index (χ3v) is 4.87. The van der Waals surface area contributed by atoms with E-state index in [9.17, 15) is 9.59 Å². The predicted octanol–water partition coefficient (Wildman–Crippen LogP) is -0.449. The highest BCUT2D eigenvalue weighted by Gasteiger charge is 2.31. The normalized spacial score (nSPS) is 30.0. The fourth-order valence-electron chi connectivity index (χ4n) is 3.44. The molecule has 2 amide bonds. The summed E-state index contributed by atoms with van der Waals surface area (Å²) in [6.07, 6.45) is 6.65. The summed E-state index contributed by atoms with van der Waals surface area (Å²) in [5.74, 6) is 0.703. The van der Waals surface area contributed by atoms with Crippen molar-refractivity contribution in [3.05, 3.63) is 23.5 Å². The maximum atomic E-state index is 12.2. The highest BCUT2D eigenvalue weighted by molar-refractivity contribution is 5.96. The molecular formula is C16H25N5O2. The van der Waals surface area contributed by atoms with Crippen molar-refractivity contribution in [2.75, 3.05) is 32.7 Å². The van der Waals surface area contributed by atoms with Crippen LogP contribution in [0.5, 0.6) is 0 Å². The fourth-order valence-corrected chi connectivity index (χ4v) is 3.44. The summed E-state index contributed by atoms with van der Waals surface area (Å²) in [7, 11) is 0. The molecule has 0 aliphatic carbocycles. The van der Waals surface area contributed by atoms with Crippen molar-refractivity contribution in [2.45, 2.75) is 25.8 Å². The van der Waals surface area contributed by atoms with Crippen LogP contribution in [0.3, 0.4) is 0 Å². The number of rotatable bonds is 6. The van der Waals surface area contributed by atoms with Gasteiger partial charge in [-0.2, -0.15) is 0 Å². The lowest BCUT2D eigenvalue weighted by molar-refractivity contribution is -0.120. The van der Waals surface area contributed by atoms with Crippen molar-refractivity contribution in [1.29, 1.82) is 0 Å². The van der Waals surface area contributed by atoms with Crippen molar-refractivity contribution in [3.63, 3.8) is 0 Å². The second-order valence-electron chi connectivity index (χ2n) is 6.42. The molecule has 4 aliphatic heterocycles. The minimum Gasteiger partial charge on any atom is -0.382 e. The van der Waals surface area contributed by atoms with Crippen LogP contribution in [0.25, 0.3) is 0 Å². The number of nitrogens with one attached hydrogen (secondary N) is 3. The number of fused-ring (bicyclic) bond motifs is 3. The topological polar surface area (TPSA) is 76.7 Å². The molecule has 3 N–H and O–H groups in total. The fraction of sp³-hybridized carbons (Fsp3) is 0.625. The molecule has 0 saturated carbocycles. The van der Waals surface area contributed by atoms with Crippen LogP contribution in [0.4, 0.5) is 0 Å². The van der Waals surface area contributed by atoms with E-state index in [1.165, 1.54) is 12.8 Å². The summed E-state index contributed by atoms with van der Waals surface area (Å²) in [4.78, 5) is 22.8. The van der Waals surface area contributed by atoms with Gasteiger partial charge in [-0.25, -0.2) is 10.0 Å². The van der Waals surface area contributed by atoms with Gasteiger partial charge in [0.15, 0.2) is 0 Å². The maximum Gasteiger partial charge on any atom is 0.252 e. The highest BCUT2D eigenvalue weighted by atomic mass is 16.1. The first-order valence-electron chi connectivity index (χ1n) is 8.33. The largest absolute Gasteiger partial charge is 0.382 e. The second kappa shape index (κ2) is 7.14. The van der Waals surface area contributed by atoms with E-state index in [-0.39, 0.29) is 11.9 Å². The molecule has 0 radical (unpaired) electrons. The van der Waals surface area contributed by atoms with Gasteiger partial charge in [-0.15, -0.1) is 0 Å². The lowest BCUT2D eigenvalue weighted by atomic mass is 9.94. The van der Waals surface area contributed by atoms with Crippen LogP contribution < -0.4 is 16.0 Å². The number of hydrazine groups is 1. The summed E-state index contributed by atoms with van der Waals surface area (Å²) >= 11 is 0. The number of piperidine rings is 1. The van der Waals surface area contributed by atoms with E-state index in [4.69, 9.17) is 0 Å². The smallest absolute Gasteiger partial charge is 0.252 e. The number of nitrogens with zero attached hydrogens (tertiary/aromatic N) is 2. The Hall–Kier alpha value is -1.86. The summed E-state index contributed by atoms with van der Waals surface area (Å²) in [5, 5.41) is 13.4. The second-order valence-corrected chi connectivity index (χ2v) is 6.42. The highest BCUT2D eigenvalue weighted by Crippen LogP contribution is 2.26. The molecule has 1 atom stereocenters. The molecule has 0 aromatic heterocycles. The lowest BCUT2D eigenvalue weighted by Gasteiger charge is -2.47. The molecule has 4 heterocycles. The Morgan fingerprint density at radius 3 is 2.87 bits per heavy atom. The summed E-state index contributed by atoms with van der Waals surface area (Å²) < 4.78 is 0. The van der Waals surface area contributed by atoms with Gasteiger partial charge in [0, 0.05) is 44.6 Å². The quantitative estimate of drug-likeness (QED) is 0.578. The van der Waals surface area contributed by atoms with Crippen molar-refractivity contribution in [3.8, 4) is 0 Å². The minimum absolute atomic E-state index is 0.00606. The molecule has 23 heavy (non-hydrogen) atoms. The molecule has 4 rings (SSSR count). The third kappa shape index (κ3) is 3.73. The number of carbonyl (C=O) groups excluding carboxylic acids is 2. The summed E-state index contributed by atoms with van der Waals surface area (Å²) in [5.41, 5.74) is 1.24. The van der Waals surface area contributed by atoms with Crippen LogP contribution in [0, 0.1) is 5.92 Å². The Kier molecular flexibility index (Phi) is 4.97. The number of hydrogen-bond acceptors (Lipinski definition) is 5. The molecule has 126 valence electrons. The average molecular weight is 319 g/mol. The van der Waals surface area contributed by atoms with Crippen LogP contribution in [0.15, 0.2) is 23.5 Å². The number of dihydropyridines is 1. The molecule has 1 unspecified atom stereocenters. The lowest BCUT2D eigenvalue weighted by Crippen LogP contribution is -2.57. The SMILES string of the molecule is CC1NC=C(C(=O)NCCN2CC3CCN2CC3)C=C1NC=O. The van der Waals surface area contributed by atoms with Gasteiger partial charge in [0.2, 0.25) is 6.41 Å². The van der Waals surface area contributed by atoms with Gasteiger partial charge in [0.25, 0.3) is 5.91 Å². The van der Waals surface area contributed by atoms with Gasteiger partial charge in [-0.3, -0.25) is 9.59 Å². The molecule has 0 aromatic rings. The zero-order chi connectivity index (χ0) is 16.2. The van der Waals surface area contributed by atoms with Crippen molar-refractivity contribution < 1.29 is 9.59 Å². The van der Waals surface area contributed by atoms with E-state index in [0.717, 1.165) is 32.1 Å². The standard InChI is InChI=1S/C16H25N5O2/c1-12-15(19-11-22)8-14(9-18-12)16(23)17-4-7-21-10-13-2-5-20(21)6-3-13/h8-9,11-13,18H,2-7,10H2,1H3,(H,17,23)(H,19,22). The van der Waals surface area contributed by atoms with Crippen LogP contribution in [0.1, 0.15) is 19.8 Å². The van der Waals surface area contributed by atoms with Crippen LogP contribution in [0.2, 0.25) is 0 Å². The predicted molar refractivity (Wildman–Crippen MR) is 86.8 cm³/mol. The Morgan fingerprint density at radius 2 is 2.22 bits per heavy atom. The van der Waals surface area contributed by atoms with Crippen molar-refractivity contribution in [1.82, 2.24) is 26.0 Å². The van der Waals surface area contributed by atoms with E-state index >= 15 is 0 Å². The van der Waals surface area contributed by atoms with E-state index in [2.05, 4.69) is 26.0 Å². The van der Waals surface area contributed by atoms with Gasteiger partial charge in [0.1, 0.15) is 0 Å². The Labute approximate surface area is 136 Å². The van der Waals surface area contributed by atoms with Gasteiger partial charge < -0.3 is 16.0 Å². The number of carbonyl (C=O) groups is 2. The number of hydrogen-bond donors (Lipinski definition) is 3. The molecule has 7 heteroatoms. The molecule has 2 bridgehead atoms. The van der Waals surface area contributed by atoms with Gasteiger partial charge in [0.05, 0.1) is 11.6 Å². The van der Waals surface area contributed by atoms with Gasteiger partial charge in [-0.05, 0) is 31.8 Å². The van der Waals surface area contributed by atoms with Gasteiger partial charge >= 0.3 is 0 Å². The Bertz CT molecular complexity index is 523. The van der Waals surface area contributed by atoms with Crippen LogP contribution in [-0.2, 0) is 9.59 Å². The number of amides is 2. The van der Waals surface area contributed by atoms with E-state index < -0.39 is 0 Å². The van der Waals surface area contributed by atoms with Crippen molar-refractivity contribution in [2.24, 2.45) is 5.92 Å². The average Bonchev–Trinajstić information content (AvgIpc) is 2.58.